The van der Waals surface area contributed by atoms with Gasteiger partial charge in [-0.15, -0.1) is 0 Å². The lowest BCUT2D eigenvalue weighted by atomic mass is 9.97. The van der Waals surface area contributed by atoms with Crippen molar-refractivity contribution < 1.29 is 8.42 Å². The van der Waals surface area contributed by atoms with Crippen LogP contribution in [0, 0.1) is 5.92 Å². The maximum Gasteiger partial charge on any atom is 0.211 e. The zero-order valence-corrected chi connectivity index (χ0v) is 17.4. The molecule has 0 radical (unpaired) electrons. The zero-order chi connectivity index (χ0) is 19.1. The largest absolute Gasteiger partial charge is 0.347 e. The number of hydrogen-bond donors (Lipinski definition) is 1. The van der Waals surface area contributed by atoms with Gasteiger partial charge in [-0.1, -0.05) is 43.7 Å². The molecule has 0 unspecified atom stereocenters. The molecular weight excluding hydrogens is 380 g/mol. The molecule has 1 aromatic heterocycles. The van der Waals surface area contributed by atoms with Crippen molar-refractivity contribution in [3.05, 3.63) is 41.7 Å². The number of unbranched alkanes of at least 4 members (excludes halogenated alkanes) is 1. The normalized spacial score (nSPS) is 16.0. The Balaban J connectivity index is 1.45. The summed E-state index contributed by atoms with van der Waals surface area (Å²) in [6.07, 6.45) is 4.32. The van der Waals surface area contributed by atoms with Gasteiger partial charge in [-0.3, -0.25) is 0 Å². The minimum atomic E-state index is -3.12. The van der Waals surface area contributed by atoms with Crippen molar-refractivity contribution in [2.75, 3.05) is 30.3 Å². The molecule has 0 bridgehead atoms. The predicted octanol–water partition coefficient (Wildman–Crippen LogP) is 3.06. The lowest BCUT2D eigenvalue weighted by Crippen LogP contribution is -2.39. The molecule has 2 heterocycles. The van der Waals surface area contributed by atoms with E-state index in [1.807, 2.05) is 25.1 Å². The highest BCUT2D eigenvalue weighted by molar-refractivity contribution is 7.89. The van der Waals surface area contributed by atoms with Crippen molar-refractivity contribution in [3.8, 4) is 0 Å². The van der Waals surface area contributed by atoms with E-state index in [-0.39, 0.29) is 5.75 Å². The van der Waals surface area contributed by atoms with Crippen LogP contribution in [0.1, 0.15) is 44.0 Å². The van der Waals surface area contributed by atoms with Gasteiger partial charge in [0.25, 0.3) is 0 Å². The van der Waals surface area contributed by atoms with Gasteiger partial charge in [0.15, 0.2) is 0 Å². The first-order valence-electron chi connectivity index (χ1n) is 9.64. The van der Waals surface area contributed by atoms with Crippen LogP contribution in [0.25, 0.3) is 0 Å². The van der Waals surface area contributed by atoms with Gasteiger partial charge in [-0.05, 0) is 30.7 Å². The first-order chi connectivity index (χ1) is 13.1. The van der Waals surface area contributed by atoms with Gasteiger partial charge in [-0.25, -0.2) is 18.1 Å². The van der Waals surface area contributed by atoms with Gasteiger partial charge in [0, 0.05) is 37.6 Å². The van der Waals surface area contributed by atoms with Crippen LogP contribution in [0.3, 0.4) is 0 Å². The third kappa shape index (κ3) is 6.26. The molecule has 3 rings (SSSR count). The number of nitrogens with one attached hydrogen (secondary N) is 1. The Hall–Kier alpha value is -1.51. The summed E-state index contributed by atoms with van der Waals surface area (Å²) in [6.45, 7) is 4.36. The Morgan fingerprint density at radius 3 is 2.67 bits per heavy atom. The van der Waals surface area contributed by atoms with E-state index >= 15 is 0 Å². The molecular formula is C19H28N4O2S2. The van der Waals surface area contributed by atoms with Gasteiger partial charge >= 0.3 is 0 Å². The third-order valence-corrected chi connectivity index (χ3v) is 7.15. The number of anilines is 1. The molecule has 1 fully saturated rings. The third-order valence-electron chi connectivity index (χ3n) is 4.91. The van der Waals surface area contributed by atoms with Crippen LogP contribution >= 0.6 is 11.5 Å². The summed E-state index contributed by atoms with van der Waals surface area (Å²) in [5.41, 5.74) is 1.22. The quantitative estimate of drug-likeness (QED) is 0.690. The molecule has 0 spiro atoms. The average molecular weight is 409 g/mol. The Labute approximate surface area is 166 Å². The summed E-state index contributed by atoms with van der Waals surface area (Å²) < 4.78 is 31.1. The average Bonchev–Trinajstić information content (AvgIpc) is 3.15. The fraction of sp³-hybridized carbons (Fsp3) is 0.579. The molecule has 148 valence electrons. The lowest BCUT2D eigenvalue weighted by Gasteiger charge is -2.31. The highest BCUT2D eigenvalue weighted by Gasteiger charge is 2.23. The molecule has 0 atom stereocenters. The summed E-state index contributed by atoms with van der Waals surface area (Å²) in [5.74, 6) is 1.50. The van der Waals surface area contributed by atoms with E-state index in [9.17, 15) is 8.42 Å². The van der Waals surface area contributed by atoms with Gasteiger partial charge in [0.1, 0.15) is 5.82 Å². The summed E-state index contributed by atoms with van der Waals surface area (Å²) in [4.78, 5) is 6.97. The van der Waals surface area contributed by atoms with E-state index in [1.54, 1.807) is 0 Å². The smallest absolute Gasteiger partial charge is 0.211 e. The van der Waals surface area contributed by atoms with Gasteiger partial charge < -0.3 is 4.90 Å². The predicted molar refractivity (Wildman–Crippen MR) is 111 cm³/mol. The summed E-state index contributed by atoms with van der Waals surface area (Å²) in [5, 5.41) is 0.975. The number of benzene rings is 1. The van der Waals surface area contributed by atoms with Crippen molar-refractivity contribution in [2.45, 2.75) is 39.0 Å². The van der Waals surface area contributed by atoms with Crippen molar-refractivity contribution in [1.82, 2.24) is 14.1 Å². The van der Waals surface area contributed by atoms with E-state index in [0.29, 0.717) is 12.5 Å². The van der Waals surface area contributed by atoms with Crippen LogP contribution in [0.15, 0.2) is 30.3 Å². The molecule has 0 aliphatic carbocycles. The molecule has 1 aromatic carbocycles. The van der Waals surface area contributed by atoms with Crippen LogP contribution in [0.4, 0.5) is 5.13 Å². The number of piperidine rings is 1. The van der Waals surface area contributed by atoms with E-state index in [0.717, 1.165) is 56.1 Å². The first kappa shape index (κ1) is 20.2. The minimum Gasteiger partial charge on any atom is -0.347 e. The van der Waals surface area contributed by atoms with E-state index in [2.05, 4.69) is 26.1 Å². The maximum atomic E-state index is 11.9. The standard InChI is InChI=1S/C19H28N4O2S2/c1-2-3-13-27(24,25)20-15-17-9-11-23(12-10-17)19-21-18(22-26-19)14-16-7-5-4-6-8-16/h4-8,17,20H,2-3,9-15H2,1H3. The topological polar surface area (TPSA) is 75.2 Å². The second-order valence-electron chi connectivity index (χ2n) is 7.11. The molecule has 0 amide bonds. The van der Waals surface area contributed by atoms with Gasteiger partial charge in [-0.2, -0.15) is 4.37 Å². The first-order valence-corrected chi connectivity index (χ1v) is 12.1. The lowest BCUT2D eigenvalue weighted by molar-refractivity contribution is 0.401. The fourth-order valence-corrected chi connectivity index (χ4v) is 5.24. The summed E-state index contributed by atoms with van der Waals surface area (Å²) in [7, 11) is -3.12. The summed E-state index contributed by atoms with van der Waals surface area (Å²) >= 11 is 1.46. The zero-order valence-electron chi connectivity index (χ0n) is 15.8. The molecule has 1 saturated heterocycles. The number of aromatic nitrogens is 2. The summed E-state index contributed by atoms with van der Waals surface area (Å²) in [6, 6.07) is 10.3. The van der Waals surface area contributed by atoms with Crippen LogP contribution in [0.2, 0.25) is 0 Å². The molecule has 1 aliphatic heterocycles. The van der Waals surface area contributed by atoms with Crippen molar-refractivity contribution in [1.29, 1.82) is 0 Å². The Morgan fingerprint density at radius 1 is 1.22 bits per heavy atom. The van der Waals surface area contributed by atoms with Crippen molar-refractivity contribution in [3.63, 3.8) is 0 Å². The highest BCUT2D eigenvalue weighted by Crippen LogP contribution is 2.25. The molecule has 27 heavy (non-hydrogen) atoms. The van der Waals surface area contributed by atoms with Crippen LogP contribution in [-0.2, 0) is 16.4 Å². The minimum absolute atomic E-state index is 0.233. The second kappa shape index (κ2) is 9.61. The second-order valence-corrected chi connectivity index (χ2v) is 9.76. The SMILES string of the molecule is CCCCS(=O)(=O)NCC1CCN(c2nc(Cc3ccccc3)ns2)CC1. The monoisotopic (exact) mass is 408 g/mol. The maximum absolute atomic E-state index is 11.9. The van der Waals surface area contributed by atoms with E-state index in [4.69, 9.17) is 4.98 Å². The molecule has 1 aliphatic rings. The van der Waals surface area contributed by atoms with Crippen molar-refractivity contribution in [2.24, 2.45) is 5.92 Å². The van der Waals surface area contributed by atoms with E-state index < -0.39 is 10.0 Å². The number of sulfonamides is 1. The highest BCUT2D eigenvalue weighted by atomic mass is 32.2. The van der Waals surface area contributed by atoms with Crippen LogP contribution in [-0.4, -0.2) is 43.2 Å². The Bertz CT molecular complexity index is 800. The van der Waals surface area contributed by atoms with Gasteiger partial charge in [0.2, 0.25) is 15.2 Å². The Morgan fingerprint density at radius 2 is 1.96 bits per heavy atom. The van der Waals surface area contributed by atoms with Crippen LogP contribution < -0.4 is 9.62 Å². The van der Waals surface area contributed by atoms with Crippen molar-refractivity contribution >= 4 is 26.7 Å². The van der Waals surface area contributed by atoms with Crippen LogP contribution in [0.5, 0.6) is 0 Å². The van der Waals surface area contributed by atoms with E-state index in [1.165, 1.54) is 17.1 Å². The molecule has 8 heteroatoms. The molecule has 6 nitrogen and oxygen atoms in total. The molecule has 1 N–H and O–H groups in total. The number of rotatable bonds is 9. The number of hydrogen-bond acceptors (Lipinski definition) is 6. The molecule has 2 aromatic rings. The van der Waals surface area contributed by atoms with Gasteiger partial charge in [0.05, 0.1) is 5.75 Å². The Kier molecular flexibility index (Phi) is 7.20. The number of nitrogens with zero attached hydrogens (tertiary/aromatic N) is 3. The fourth-order valence-electron chi connectivity index (χ4n) is 3.20. The molecule has 0 saturated carbocycles.